The van der Waals surface area contributed by atoms with Crippen LogP contribution in [0.1, 0.15) is 5.56 Å². The third kappa shape index (κ3) is 4.82. The van der Waals surface area contributed by atoms with E-state index in [-0.39, 0.29) is 17.2 Å². The number of para-hydroxylation sites is 2. The van der Waals surface area contributed by atoms with Crippen LogP contribution in [0, 0.1) is 0 Å². The molecule has 1 N–H and O–H groups in total. The lowest BCUT2D eigenvalue weighted by atomic mass is 10.2. The molecule has 5 rings (SSSR count). The smallest absolute Gasteiger partial charge is 0.264 e. The first kappa shape index (κ1) is 22.2. The van der Waals surface area contributed by atoms with E-state index in [1.54, 1.807) is 16.8 Å². The summed E-state index contributed by atoms with van der Waals surface area (Å²) in [4.78, 5) is 33.8. The summed E-state index contributed by atoms with van der Waals surface area (Å²) in [5.74, 6) is 0.0300. The Kier molecular flexibility index (Phi) is 6.33. The average Bonchev–Trinajstić information content (AvgIpc) is 3.45. The van der Waals surface area contributed by atoms with E-state index in [0.29, 0.717) is 46.5 Å². The summed E-state index contributed by atoms with van der Waals surface area (Å²) >= 11 is 7.16. The number of fused-ring (bicyclic) bond motifs is 2. The Hall–Kier alpha value is -3.63. The summed E-state index contributed by atoms with van der Waals surface area (Å²) in [6, 6.07) is 14.8. The molecule has 0 atom stereocenters. The van der Waals surface area contributed by atoms with Gasteiger partial charge in [-0.15, -0.1) is 0 Å². The average molecular weight is 495 g/mol. The van der Waals surface area contributed by atoms with E-state index < -0.39 is 0 Å². The number of aromatic nitrogens is 5. The Morgan fingerprint density at radius 1 is 1.15 bits per heavy atom. The van der Waals surface area contributed by atoms with E-state index in [9.17, 15) is 9.59 Å². The van der Waals surface area contributed by atoms with Crippen LogP contribution in [0.25, 0.3) is 22.1 Å². The molecule has 0 radical (unpaired) electrons. The third-order valence-electron chi connectivity index (χ3n) is 5.14. The number of nitrogens with zero attached hydrogens (tertiary/aromatic N) is 5. The molecule has 172 valence electrons. The molecule has 0 fully saturated rings. The number of carbonyl (C=O) groups is 1. The number of hydrogen-bond donors (Lipinski definition) is 1. The van der Waals surface area contributed by atoms with Gasteiger partial charge in [0, 0.05) is 11.6 Å². The molecule has 0 saturated carbocycles. The van der Waals surface area contributed by atoms with Gasteiger partial charge in [-0.05, 0) is 29.8 Å². The van der Waals surface area contributed by atoms with Crippen molar-refractivity contribution in [2.24, 2.45) is 0 Å². The van der Waals surface area contributed by atoms with Gasteiger partial charge in [0.1, 0.15) is 17.2 Å². The van der Waals surface area contributed by atoms with E-state index in [4.69, 9.17) is 16.0 Å². The van der Waals surface area contributed by atoms with Gasteiger partial charge in [0.2, 0.25) is 5.91 Å². The normalized spacial score (nSPS) is 11.3. The van der Waals surface area contributed by atoms with Gasteiger partial charge in [-0.2, -0.15) is 5.10 Å². The Labute approximate surface area is 202 Å². The van der Waals surface area contributed by atoms with Crippen LogP contribution in [0.15, 0.2) is 75.5 Å². The molecule has 0 unspecified atom stereocenters. The van der Waals surface area contributed by atoms with Crippen molar-refractivity contribution < 1.29 is 9.21 Å². The van der Waals surface area contributed by atoms with Crippen LogP contribution in [0.5, 0.6) is 0 Å². The highest BCUT2D eigenvalue weighted by Crippen LogP contribution is 2.22. The molecule has 34 heavy (non-hydrogen) atoms. The van der Waals surface area contributed by atoms with Crippen LogP contribution in [0.4, 0.5) is 0 Å². The molecule has 0 aliphatic heterocycles. The maximum Gasteiger partial charge on any atom is 0.264 e. The first-order valence-corrected chi connectivity index (χ1v) is 11.8. The summed E-state index contributed by atoms with van der Waals surface area (Å²) in [6.45, 7) is 1.12. The number of benzene rings is 2. The van der Waals surface area contributed by atoms with E-state index in [0.717, 1.165) is 11.1 Å². The molecule has 2 aromatic carbocycles. The van der Waals surface area contributed by atoms with Gasteiger partial charge in [-0.3, -0.25) is 14.2 Å². The molecule has 0 spiro atoms. The topological polar surface area (TPSA) is 108 Å². The number of hydrogen-bond acceptors (Lipinski definition) is 7. The first-order valence-electron chi connectivity index (χ1n) is 10.5. The standard InChI is InChI=1S/C23H19ClN6O3S/c24-16-7-5-15(6-8-16)12-29-14-26-21-17(22(29)32)11-27-30(21)10-9-25-20(31)13-34-23-28-18-3-1-2-4-19(18)33-23/h1-8,11,14H,9-10,12-13H2,(H,25,31). The second-order valence-electron chi connectivity index (χ2n) is 7.50. The monoisotopic (exact) mass is 494 g/mol. The zero-order valence-corrected chi connectivity index (χ0v) is 19.4. The number of oxazole rings is 1. The number of rotatable bonds is 8. The van der Waals surface area contributed by atoms with Crippen LogP contribution in [0.2, 0.25) is 5.02 Å². The SMILES string of the molecule is O=C(CSc1nc2ccccc2o1)NCCn1ncc2c(=O)n(Cc3ccc(Cl)cc3)cnc21. The molecule has 0 saturated heterocycles. The highest BCUT2D eigenvalue weighted by Gasteiger charge is 2.12. The molecule has 0 aliphatic rings. The Morgan fingerprint density at radius 2 is 1.97 bits per heavy atom. The largest absolute Gasteiger partial charge is 0.431 e. The summed E-state index contributed by atoms with van der Waals surface area (Å²) in [6.07, 6.45) is 3.01. The maximum absolute atomic E-state index is 12.8. The van der Waals surface area contributed by atoms with Crippen molar-refractivity contribution in [3.63, 3.8) is 0 Å². The molecular weight excluding hydrogens is 476 g/mol. The third-order valence-corrected chi connectivity index (χ3v) is 6.22. The summed E-state index contributed by atoms with van der Waals surface area (Å²) in [5, 5.41) is 8.63. The number of amides is 1. The quantitative estimate of drug-likeness (QED) is 0.329. The van der Waals surface area contributed by atoms with Crippen molar-refractivity contribution >= 4 is 51.4 Å². The fourth-order valence-corrected chi connectivity index (χ4v) is 4.25. The van der Waals surface area contributed by atoms with E-state index in [2.05, 4.69) is 20.4 Å². The van der Waals surface area contributed by atoms with Crippen molar-refractivity contribution in [2.75, 3.05) is 12.3 Å². The van der Waals surface area contributed by atoms with Crippen LogP contribution in [0.3, 0.4) is 0 Å². The van der Waals surface area contributed by atoms with Gasteiger partial charge in [0.15, 0.2) is 11.2 Å². The van der Waals surface area contributed by atoms with E-state index in [1.165, 1.54) is 28.9 Å². The Morgan fingerprint density at radius 3 is 2.79 bits per heavy atom. The molecule has 11 heteroatoms. The number of nitrogens with one attached hydrogen (secondary N) is 1. The lowest BCUT2D eigenvalue weighted by molar-refractivity contribution is -0.118. The molecule has 3 heterocycles. The lowest BCUT2D eigenvalue weighted by Crippen LogP contribution is -2.29. The second kappa shape index (κ2) is 9.70. The first-order chi connectivity index (χ1) is 16.6. The summed E-state index contributed by atoms with van der Waals surface area (Å²) in [7, 11) is 0. The summed E-state index contributed by atoms with van der Waals surface area (Å²) < 4.78 is 8.74. The zero-order valence-electron chi connectivity index (χ0n) is 17.8. The minimum atomic E-state index is -0.176. The van der Waals surface area contributed by atoms with Gasteiger partial charge in [-0.25, -0.2) is 14.6 Å². The fourth-order valence-electron chi connectivity index (χ4n) is 3.45. The van der Waals surface area contributed by atoms with Crippen LogP contribution in [-0.2, 0) is 17.9 Å². The van der Waals surface area contributed by atoms with Gasteiger partial charge < -0.3 is 9.73 Å². The van der Waals surface area contributed by atoms with Crippen LogP contribution < -0.4 is 10.9 Å². The molecular formula is C23H19ClN6O3S. The number of halogens is 1. The van der Waals surface area contributed by atoms with Gasteiger partial charge in [0.25, 0.3) is 10.8 Å². The maximum atomic E-state index is 12.8. The molecule has 3 aromatic heterocycles. The van der Waals surface area contributed by atoms with Gasteiger partial charge >= 0.3 is 0 Å². The molecule has 9 nitrogen and oxygen atoms in total. The van der Waals surface area contributed by atoms with Gasteiger partial charge in [0.05, 0.1) is 25.0 Å². The van der Waals surface area contributed by atoms with E-state index >= 15 is 0 Å². The molecule has 0 bridgehead atoms. The van der Waals surface area contributed by atoms with Crippen molar-refractivity contribution in [3.05, 3.63) is 82.0 Å². The lowest BCUT2D eigenvalue weighted by Gasteiger charge is -2.07. The van der Waals surface area contributed by atoms with Crippen LogP contribution in [-0.4, -0.2) is 42.5 Å². The van der Waals surface area contributed by atoms with Crippen molar-refractivity contribution in [1.82, 2.24) is 29.6 Å². The predicted molar refractivity (Wildman–Crippen MR) is 130 cm³/mol. The predicted octanol–water partition coefficient (Wildman–Crippen LogP) is 3.34. The molecule has 5 aromatic rings. The Balaban J connectivity index is 1.17. The fraction of sp³-hybridized carbons (Fsp3) is 0.174. The highest BCUT2D eigenvalue weighted by molar-refractivity contribution is 7.99. The van der Waals surface area contributed by atoms with E-state index in [1.807, 2.05) is 36.4 Å². The van der Waals surface area contributed by atoms with Crippen molar-refractivity contribution in [2.45, 2.75) is 18.3 Å². The van der Waals surface area contributed by atoms with Crippen molar-refractivity contribution in [3.8, 4) is 0 Å². The number of thioether (sulfide) groups is 1. The molecule has 1 amide bonds. The molecule has 0 aliphatic carbocycles. The number of carbonyl (C=O) groups excluding carboxylic acids is 1. The van der Waals surface area contributed by atoms with Crippen LogP contribution >= 0.6 is 23.4 Å². The minimum absolute atomic E-state index is 0.151. The minimum Gasteiger partial charge on any atom is -0.431 e. The van der Waals surface area contributed by atoms with Gasteiger partial charge in [-0.1, -0.05) is 47.6 Å². The Bertz CT molecular complexity index is 1490. The summed E-state index contributed by atoms with van der Waals surface area (Å²) in [5.41, 5.74) is 2.70. The second-order valence-corrected chi connectivity index (χ2v) is 8.86. The highest BCUT2D eigenvalue weighted by atomic mass is 35.5. The van der Waals surface area contributed by atoms with Crippen molar-refractivity contribution in [1.29, 1.82) is 0 Å². The zero-order chi connectivity index (χ0) is 23.5.